The Labute approximate surface area is 176 Å². The van der Waals surface area contributed by atoms with Gasteiger partial charge < -0.3 is 19.5 Å². The number of rotatable bonds is 7. The summed E-state index contributed by atoms with van der Waals surface area (Å²) in [6, 6.07) is 23.3. The molecule has 0 saturated heterocycles. The van der Waals surface area contributed by atoms with Crippen molar-refractivity contribution in [2.45, 2.75) is 11.8 Å². The van der Waals surface area contributed by atoms with Crippen LogP contribution in [0.5, 0.6) is 17.2 Å². The summed E-state index contributed by atoms with van der Waals surface area (Å²) in [6.45, 7) is 0. The Morgan fingerprint density at radius 1 is 0.833 bits per heavy atom. The number of carbonyl (C=O) groups is 1. The molecular formula is C25H25NO4. The van der Waals surface area contributed by atoms with E-state index in [1.165, 1.54) is 0 Å². The highest BCUT2D eigenvalue weighted by Crippen LogP contribution is 2.60. The zero-order chi connectivity index (χ0) is 21.1. The number of ether oxygens (including phenoxy) is 3. The number of nitrogens with one attached hydrogen (secondary N) is 1. The summed E-state index contributed by atoms with van der Waals surface area (Å²) in [5.74, 6) is 1.92. The van der Waals surface area contributed by atoms with Gasteiger partial charge in [-0.15, -0.1) is 0 Å². The molecular weight excluding hydrogens is 378 g/mol. The van der Waals surface area contributed by atoms with E-state index in [0.29, 0.717) is 17.9 Å². The SMILES string of the molecule is COc1cccc(C2(c3cccc(OC)c3)CC2C(=O)Nc2ccccc2OC)c1. The molecule has 0 aromatic heterocycles. The standard InChI is InChI=1S/C25H25NO4/c1-28-19-10-6-8-17(14-19)25(18-9-7-11-20(15-18)29-2)16-21(25)24(27)26-22-12-4-5-13-23(22)30-3/h4-15,21H,16H2,1-3H3,(H,26,27). The van der Waals surface area contributed by atoms with Gasteiger partial charge in [0.25, 0.3) is 0 Å². The summed E-state index contributed by atoms with van der Waals surface area (Å²) in [5.41, 5.74) is 2.34. The van der Waals surface area contributed by atoms with Crippen molar-refractivity contribution < 1.29 is 19.0 Å². The maximum atomic E-state index is 13.3. The van der Waals surface area contributed by atoms with Crippen LogP contribution in [-0.2, 0) is 10.2 Å². The average molecular weight is 403 g/mol. The van der Waals surface area contributed by atoms with Crippen molar-refractivity contribution in [2.75, 3.05) is 26.6 Å². The van der Waals surface area contributed by atoms with Crippen LogP contribution in [0.25, 0.3) is 0 Å². The van der Waals surface area contributed by atoms with Gasteiger partial charge in [-0.25, -0.2) is 0 Å². The molecule has 1 fully saturated rings. The highest BCUT2D eigenvalue weighted by atomic mass is 16.5. The lowest BCUT2D eigenvalue weighted by Crippen LogP contribution is -2.22. The molecule has 154 valence electrons. The van der Waals surface area contributed by atoms with Gasteiger partial charge in [0, 0.05) is 5.41 Å². The van der Waals surface area contributed by atoms with Crippen molar-refractivity contribution in [3.05, 3.63) is 83.9 Å². The van der Waals surface area contributed by atoms with Crippen LogP contribution in [0.15, 0.2) is 72.8 Å². The van der Waals surface area contributed by atoms with E-state index in [2.05, 4.69) is 17.4 Å². The van der Waals surface area contributed by atoms with Gasteiger partial charge in [0.1, 0.15) is 17.2 Å². The van der Waals surface area contributed by atoms with Gasteiger partial charge in [-0.2, -0.15) is 0 Å². The number of methoxy groups -OCH3 is 3. The normalized spacial score (nSPS) is 16.4. The Kier molecular flexibility index (Phi) is 5.36. The molecule has 1 atom stereocenters. The van der Waals surface area contributed by atoms with Gasteiger partial charge in [0.05, 0.1) is 32.9 Å². The third kappa shape index (κ3) is 3.47. The summed E-state index contributed by atoms with van der Waals surface area (Å²) >= 11 is 0. The van der Waals surface area contributed by atoms with E-state index in [0.717, 1.165) is 22.6 Å². The lowest BCUT2D eigenvalue weighted by atomic mass is 9.85. The Morgan fingerprint density at radius 3 is 2.00 bits per heavy atom. The smallest absolute Gasteiger partial charge is 0.228 e. The van der Waals surface area contributed by atoms with Crippen molar-refractivity contribution in [1.29, 1.82) is 0 Å². The fraction of sp³-hybridized carbons (Fsp3) is 0.240. The Bertz CT molecular complexity index is 1010. The topological polar surface area (TPSA) is 56.8 Å². The number of para-hydroxylation sites is 2. The molecule has 1 aliphatic rings. The van der Waals surface area contributed by atoms with Crippen LogP contribution in [0.2, 0.25) is 0 Å². The zero-order valence-electron chi connectivity index (χ0n) is 17.3. The molecule has 1 N–H and O–H groups in total. The molecule has 1 aliphatic carbocycles. The minimum absolute atomic E-state index is 0.0369. The second-order valence-electron chi connectivity index (χ2n) is 7.38. The quantitative estimate of drug-likeness (QED) is 0.624. The van der Waals surface area contributed by atoms with Crippen LogP contribution >= 0.6 is 0 Å². The Balaban J connectivity index is 1.72. The summed E-state index contributed by atoms with van der Waals surface area (Å²) < 4.78 is 16.3. The number of anilines is 1. The van der Waals surface area contributed by atoms with E-state index < -0.39 is 5.41 Å². The fourth-order valence-corrected chi connectivity index (χ4v) is 4.15. The lowest BCUT2D eigenvalue weighted by molar-refractivity contribution is -0.117. The van der Waals surface area contributed by atoms with E-state index in [9.17, 15) is 4.79 Å². The molecule has 1 unspecified atom stereocenters. The Morgan fingerprint density at radius 2 is 1.43 bits per heavy atom. The predicted molar refractivity (Wildman–Crippen MR) is 116 cm³/mol. The van der Waals surface area contributed by atoms with E-state index in [4.69, 9.17) is 14.2 Å². The van der Waals surface area contributed by atoms with Gasteiger partial charge in [0.15, 0.2) is 0 Å². The molecule has 5 nitrogen and oxygen atoms in total. The molecule has 3 aromatic carbocycles. The lowest BCUT2D eigenvalue weighted by Gasteiger charge is -2.20. The maximum absolute atomic E-state index is 13.3. The minimum Gasteiger partial charge on any atom is -0.497 e. The van der Waals surface area contributed by atoms with Crippen molar-refractivity contribution in [3.63, 3.8) is 0 Å². The van der Waals surface area contributed by atoms with Crippen molar-refractivity contribution >= 4 is 11.6 Å². The molecule has 3 aromatic rings. The van der Waals surface area contributed by atoms with Crippen molar-refractivity contribution in [3.8, 4) is 17.2 Å². The summed E-state index contributed by atoms with van der Waals surface area (Å²) in [5, 5.41) is 3.05. The molecule has 1 saturated carbocycles. The van der Waals surface area contributed by atoms with Gasteiger partial charge in [0.2, 0.25) is 5.91 Å². The number of amides is 1. The van der Waals surface area contributed by atoms with Crippen LogP contribution in [0.4, 0.5) is 5.69 Å². The van der Waals surface area contributed by atoms with Gasteiger partial charge in [-0.05, 0) is 53.9 Å². The van der Waals surface area contributed by atoms with Crippen molar-refractivity contribution in [2.24, 2.45) is 5.92 Å². The predicted octanol–water partition coefficient (Wildman–Crippen LogP) is 4.66. The zero-order valence-corrected chi connectivity index (χ0v) is 17.3. The third-order valence-corrected chi connectivity index (χ3v) is 5.81. The van der Waals surface area contributed by atoms with E-state index in [-0.39, 0.29) is 11.8 Å². The van der Waals surface area contributed by atoms with Crippen LogP contribution in [0, 0.1) is 5.92 Å². The molecule has 1 amide bonds. The number of benzene rings is 3. The van der Waals surface area contributed by atoms with Crippen LogP contribution in [0.3, 0.4) is 0 Å². The maximum Gasteiger partial charge on any atom is 0.228 e. The highest BCUT2D eigenvalue weighted by Gasteiger charge is 2.60. The molecule has 30 heavy (non-hydrogen) atoms. The first-order valence-electron chi connectivity index (χ1n) is 9.85. The second kappa shape index (κ2) is 8.11. The molecule has 5 heteroatoms. The molecule has 0 aliphatic heterocycles. The van der Waals surface area contributed by atoms with Crippen LogP contribution < -0.4 is 19.5 Å². The second-order valence-corrected chi connectivity index (χ2v) is 7.38. The van der Waals surface area contributed by atoms with Crippen LogP contribution in [-0.4, -0.2) is 27.2 Å². The van der Waals surface area contributed by atoms with Crippen LogP contribution in [0.1, 0.15) is 17.5 Å². The fourth-order valence-electron chi connectivity index (χ4n) is 4.15. The van der Waals surface area contributed by atoms with E-state index >= 15 is 0 Å². The highest BCUT2D eigenvalue weighted by molar-refractivity contribution is 5.98. The van der Waals surface area contributed by atoms with E-state index in [1.54, 1.807) is 21.3 Å². The minimum atomic E-state index is -0.435. The summed E-state index contributed by atoms with van der Waals surface area (Å²) in [7, 11) is 4.89. The first-order chi connectivity index (χ1) is 14.6. The number of hydrogen-bond donors (Lipinski definition) is 1. The van der Waals surface area contributed by atoms with E-state index in [1.807, 2.05) is 60.7 Å². The monoisotopic (exact) mass is 403 g/mol. The first kappa shape index (κ1) is 19.8. The molecule has 4 rings (SSSR count). The largest absolute Gasteiger partial charge is 0.497 e. The van der Waals surface area contributed by atoms with Crippen molar-refractivity contribution in [1.82, 2.24) is 0 Å². The molecule has 0 heterocycles. The van der Waals surface area contributed by atoms with Gasteiger partial charge in [-0.1, -0.05) is 36.4 Å². The Hall–Kier alpha value is -3.47. The summed E-state index contributed by atoms with van der Waals surface area (Å²) in [4.78, 5) is 13.3. The average Bonchev–Trinajstić information content (AvgIpc) is 3.57. The van der Waals surface area contributed by atoms with Gasteiger partial charge in [-0.3, -0.25) is 4.79 Å². The first-order valence-corrected chi connectivity index (χ1v) is 9.85. The number of hydrogen-bond acceptors (Lipinski definition) is 4. The molecule has 0 spiro atoms. The summed E-state index contributed by atoms with van der Waals surface area (Å²) in [6.07, 6.45) is 0.703. The molecule has 0 radical (unpaired) electrons. The third-order valence-electron chi connectivity index (χ3n) is 5.81. The van der Waals surface area contributed by atoms with Gasteiger partial charge >= 0.3 is 0 Å². The molecule has 0 bridgehead atoms. The number of carbonyl (C=O) groups excluding carboxylic acids is 1.